The average molecular weight is 439 g/mol. The molecule has 0 aliphatic carbocycles. The molecule has 1 unspecified atom stereocenters. The number of nitrogens with one attached hydrogen (secondary N) is 2. The van der Waals surface area contributed by atoms with Crippen molar-refractivity contribution in [2.75, 3.05) is 32.9 Å². The highest BCUT2D eigenvalue weighted by molar-refractivity contribution is 14.0. The Morgan fingerprint density at radius 1 is 1.50 bits per heavy atom. The minimum absolute atomic E-state index is 0. The zero-order valence-electron chi connectivity index (χ0n) is 13.0. The van der Waals surface area contributed by atoms with Crippen molar-refractivity contribution < 1.29 is 9.47 Å². The smallest absolute Gasteiger partial charge is 0.191 e. The van der Waals surface area contributed by atoms with Crippen molar-refractivity contribution in [3.63, 3.8) is 0 Å². The van der Waals surface area contributed by atoms with Crippen LogP contribution in [0.15, 0.2) is 21.8 Å². The molecular formula is C15H26IN3O2S. The predicted octanol–water partition coefficient (Wildman–Crippen LogP) is 2.62. The highest BCUT2D eigenvalue weighted by Gasteiger charge is 2.14. The molecule has 2 rings (SSSR count). The van der Waals surface area contributed by atoms with Gasteiger partial charge in [-0.15, -0.1) is 24.0 Å². The summed E-state index contributed by atoms with van der Waals surface area (Å²) in [4.78, 5) is 4.55. The largest absolute Gasteiger partial charge is 0.377 e. The summed E-state index contributed by atoms with van der Waals surface area (Å²) < 4.78 is 11.1. The normalized spacial score (nSPS) is 18.0. The summed E-state index contributed by atoms with van der Waals surface area (Å²) >= 11 is 1.70. The maximum atomic E-state index is 5.63. The fourth-order valence-corrected chi connectivity index (χ4v) is 2.79. The van der Waals surface area contributed by atoms with Crippen LogP contribution in [0.1, 0.15) is 25.3 Å². The third kappa shape index (κ3) is 7.75. The van der Waals surface area contributed by atoms with Gasteiger partial charge in [0.25, 0.3) is 0 Å². The molecule has 126 valence electrons. The molecule has 22 heavy (non-hydrogen) atoms. The van der Waals surface area contributed by atoms with Crippen LogP contribution >= 0.6 is 35.3 Å². The lowest BCUT2D eigenvalue weighted by Crippen LogP contribution is -2.39. The lowest BCUT2D eigenvalue weighted by atomic mass is 10.2. The van der Waals surface area contributed by atoms with Gasteiger partial charge < -0.3 is 20.1 Å². The van der Waals surface area contributed by atoms with E-state index in [9.17, 15) is 0 Å². The van der Waals surface area contributed by atoms with Gasteiger partial charge in [0.05, 0.1) is 25.9 Å². The van der Waals surface area contributed by atoms with Gasteiger partial charge in [-0.3, -0.25) is 0 Å². The van der Waals surface area contributed by atoms with Crippen LogP contribution in [-0.2, 0) is 16.0 Å². The molecule has 0 spiro atoms. The molecule has 0 saturated carbocycles. The summed E-state index contributed by atoms with van der Waals surface area (Å²) in [5, 5.41) is 10.7. The van der Waals surface area contributed by atoms with E-state index >= 15 is 0 Å². The number of rotatable bonds is 8. The second kappa shape index (κ2) is 12.1. The summed E-state index contributed by atoms with van der Waals surface area (Å²) in [5.74, 6) is 0.837. The fraction of sp³-hybridized carbons (Fsp3) is 0.667. The van der Waals surface area contributed by atoms with Crippen LogP contribution in [0.5, 0.6) is 0 Å². The van der Waals surface area contributed by atoms with Gasteiger partial charge in [0.15, 0.2) is 5.96 Å². The number of thiophene rings is 1. The monoisotopic (exact) mass is 439 g/mol. The van der Waals surface area contributed by atoms with Crippen molar-refractivity contribution in [2.45, 2.75) is 32.4 Å². The number of hydrogen-bond acceptors (Lipinski definition) is 4. The molecule has 0 radical (unpaired) electrons. The zero-order chi connectivity index (χ0) is 14.8. The van der Waals surface area contributed by atoms with Crippen molar-refractivity contribution in [3.05, 3.63) is 22.4 Å². The van der Waals surface area contributed by atoms with Gasteiger partial charge in [-0.05, 0) is 42.2 Å². The number of guanidine groups is 1. The summed E-state index contributed by atoms with van der Waals surface area (Å²) in [5.41, 5.74) is 1.24. The van der Waals surface area contributed by atoms with E-state index in [2.05, 4.69) is 39.4 Å². The van der Waals surface area contributed by atoms with Gasteiger partial charge in [-0.2, -0.15) is 11.3 Å². The van der Waals surface area contributed by atoms with Gasteiger partial charge in [-0.1, -0.05) is 0 Å². The third-order valence-corrected chi connectivity index (χ3v) is 3.94. The number of aliphatic imine (C=N–C) groups is 1. The maximum Gasteiger partial charge on any atom is 0.191 e. The zero-order valence-corrected chi connectivity index (χ0v) is 16.2. The van der Waals surface area contributed by atoms with Crippen molar-refractivity contribution in [1.29, 1.82) is 0 Å². The Labute approximate surface area is 153 Å². The first-order chi connectivity index (χ1) is 10.4. The summed E-state index contributed by atoms with van der Waals surface area (Å²) in [6, 6.07) is 2.10. The van der Waals surface area contributed by atoms with Crippen molar-refractivity contribution >= 4 is 41.3 Å². The molecule has 1 aliphatic rings. The standard InChI is InChI=1S/C15H25N3O2S.HI/c1-2-16-15(18-10-13-5-9-21-12-13)17-6-8-19-11-14-4-3-7-20-14;/h5,9,12,14H,2-4,6-8,10-11H2,1H3,(H2,16,17,18);1H. The predicted molar refractivity (Wildman–Crippen MR) is 102 cm³/mol. The molecule has 5 nitrogen and oxygen atoms in total. The number of hydrogen-bond donors (Lipinski definition) is 2. The first-order valence-corrected chi connectivity index (χ1v) is 8.55. The summed E-state index contributed by atoms with van der Waals surface area (Å²) in [6.45, 7) is 6.62. The molecule has 1 saturated heterocycles. The van der Waals surface area contributed by atoms with Crippen LogP contribution in [0.25, 0.3) is 0 Å². The Morgan fingerprint density at radius 2 is 2.41 bits per heavy atom. The molecular weight excluding hydrogens is 413 g/mol. The topological polar surface area (TPSA) is 54.9 Å². The van der Waals surface area contributed by atoms with E-state index < -0.39 is 0 Å². The molecule has 2 heterocycles. The van der Waals surface area contributed by atoms with Gasteiger partial charge in [0, 0.05) is 19.7 Å². The van der Waals surface area contributed by atoms with Gasteiger partial charge in [0.1, 0.15) is 0 Å². The average Bonchev–Trinajstić information content (AvgIpc) is 3.17. The number of halogens is 1. The Morgan fingerprint density at radius 3 is 3.09 bits per heavy atom. The molecule has 7 heteroatoms. The van der Waals surface area contributed by atoms with Gasteiger partial charge in [-0.25, -0.2) is 4.99 Å². The van der Waals surface area contributed by atoms with Crippen molar-refractivity contribution in [2.24, 2.45) is 4.99 Å². The van der Waals surface area contributed by atoms with Crippen molar-refractivity contribution in [3.8, 4) is 0 Å². The number of nitrogens with zero attached hydrogens (tertiary/aromatic N) is 1. The SMILES string of the molecule is CCNC(=NCc1ccsc1)NCCOCC1CCCO1.I. The Hall–Kier alpha value is -0.380. The summed E-state index contributed by atoms with van der Waals surface area (Å²) in [6.07, 6.45) is 2.58. The van der Waals surface area contributed by atoms with E-state index in [-0.39, 0.29) is 24.0 Å². The highest BCUT2D eigenvalue weighted by Crippen LogP contribution is 2.11. The highest BCUT2D eigenvalue weighted by atomic mass is 127. The number of ether oxygens (including phenoxy) is 2. The third-order valence-electron chi connectivity index (χ3n) is 3.21. The Kier molecular flexibility index (Phi) is 10.8. The Balaban J connectivity index is 0.00000242. The molecule has 0 amide bonds. The van der Waals surface area contributed by atoms with Crippen LogP contribution in [-0.4, -0.2) is 45.0 Å². The van der Waals surface area contributed by atoms with Crippen LogP contribution < -0.4 is 10.6 Å². The minimum Gasteiger partial charge on any atom is -0.377 e. The fourth-order valence-electron chi connectivity index (χ4n) is 2.13. The van der Waals surface area contributed by atoms with Crippen LogP contribution in [0.4, 0.5) is 0 Å². The molecule has 1 fully saturated rings. The molecule has 0 aromatic carbocycles. The van der Waals surface area contributed by atoms with Crippen LogP contribution in [0.2, 0.25) is 0 Å². The maximum absolute atomic E-state index is 5.63. The van der Waals surface area contributed by atoms with Crippen molar-refractivity contribution in [1.82, 2.24) is 10.6 Å². The van der Waals surface area contributed by atoms with E-state index in [1.807, 2.05) is 0 Å². The quantitative estimate of drug-likeness (QED) is 0.283. The molecule has 1 aliphatic heterocycles. The first-order valence-electron chi connectivity index (χ1n) is 7.61. The lowest BCUT2D eigenvalue weighted by molar-refractivity contribution is 0.0191. The molecule has 1 aromatic heterocycles. The van der Waals surface area contributed by atoms with E-state index in [1.165, 1.54) is 5.56 Å². The molecule has 2 N–H and O–H groups in total. The van der Waals surface area contributed by atoms with E-state index in [0.29, 0.717) is 25.9 Å². The van der Waals surface area contributed by atoms with E-state index in [4.69, 9.17) is 9.47 Å². The van der Waals surface area contributed by atoms with Crippen LogP contribution in [0.3, 0.4) is 0 Å². The second-order valence-corrected chi connectivity index (χ2v) is 5.74. The van der Waals surface area contributed by atoms with E-state index in [1.54, 1.807) is 11.3 Å². The molecule has 1 aromatic rings. The minimum atomic E-state index is 0. The van der Waals surface area contributed by atoms with Crippen LogP contribution in [0, 0.1) is 0 Å². The van der Waals surface area contributed by atoms with Gasteiger partial charge >= 0.3 is 0 Å². The molecule has 1 atom stereocenters. The first kappa shape index (κ1) is 19.7. The van der Waals surface area contributed by atoms with E-state index in [0.717, 1.165) is 38.5 Å². The van der Waals surface area contributed by atoms with Gasteiger partial charge in [0.2, 0.25) is 0 Å². The Bertz CT molecular complexity index is 409. The molecule has 0 bridgehead atoms. The summed E-state index contributed by atoms with van der Waals surface area (Å²) in [7, 11) is 0. The lowest BCUT2D eigenvalue weighted by Gasteiger charge is -2.13. The second-order valence-electron chi connectivity index (χ2n) is 4.96.